The van der Waals surface area contributed by atoms with Gasteiger partial charge in [0, 0.05) is 17.8 Å². The summed E-state index contributed by atoms with van der Waals surface area (Å²) in [5.41, 5.74) is 0. The van der Waals surface area contributed by atoms with Crippen LogP contribution in [0.3, 0.4) is 0 Å². The third-order valence-electron chi connectivity index (χ3n) is 4.66. The summed E-state index contributed by atoms with van der Waals surface area (Å²) >= 11 is 2.19. The molecule has 0 aromatic heterocycles. The Balaban J connectivity index is 1.39. The molecule has 0 aromatic carbocycles. The van der Waals surface area contributed by atoms with Crippen LogP contribution in [0.25, 0.3) is 0 Å². The second-order valence-electron chi connectivity index (χ2n) is 6.00. The predicted octanol–water partition coefficient (Wildman–Crippen LogP) is 3.44. The average Bonchev–Trinajstić information content (AvgIpc) is 3.05. The lowest BCUT2D eigenvalue weighted by molar-refractivity contribution is 0.261. The molecule has 1 nitrogen and oxygen atoms in total. The van der Waals surface area contributed by atoms with Crippen LogP contribution in [0.2, 0.25) is 0 Å². The summed E-state index contributed by atoms with van der Waals surface area (Å²) in [6.07, 6.45) is 11.9. The van der Waals surface area contributed by atoms with E-state index < -0.39 is 0 Å². The average molecular weight is 239 g/mol. The fourth-order valence-corrected chi connectivity index (χ4v) is 4.73. The maximum Gasteiger partial charge on any atom is 0.0172 e. The van der Waals surface area contributed by atoms with Gasteiger partial charge in [-0.15, -0.1) is 0 Å². The van der Waals surface area contributed by atoms with Crippen LogP contribution >= 0.6 is 11.8 Å². The zero-order valence-electron chi connectivity index (χ0n) is 10.3. The van der Waals surface area contributed by atoms with Crippen LogP contribution in [0.5, 0.6) is 0 Å². The van der Waals surface area contributed by atoms with Crippen LogP contribution in [0.4, 0.5) is 0 Å². The summed E-state index contributed by atoms with van der Waals surface area (Å²) in [4.78, 5) is 0. The molecular weight excluding hydrogens is 214 g/mol. The number of hydrogen-bond acceptors (Lipinski definition) is 2. The molecule has 3 atom stereocenters. The number of rotatable bonds is 4. The quantitative estimate of drug-likeness (QED) is 0.806. The summed E-state index contributed by atoms with van der Waals surface area (Å²) in [7, 11) is 0. The molecular formula is C14H25NS. The third kappa shape index (κ3) is 2.95. The predicted molar refractivity (Wildman–Crippen MR) is 72.0 cm³/mol. The normalized spacial score (nSPS) is 40.1. The molecule has 3 fully saturated rings. The first-order valence-electron chi connectivity index (χ1n) is 7.27. The molecule has 2 heteroatoms. The van der Waals surface area contributed by atoms with Gasteiger partial charge in [0.25, 0.3) is 0 Å². The van der Waals surface area contributed by atoms with E-state index in [9.17, 15) is 0 Å². The Kier molecular flexibility index (Phi) is 3.78. The topological polar surface area (TPSA) is 12.0 Å². The minimum atomic E-state index is 0.862. The number of nitrogens with one attached hydrogen (secondary N) is 1. The molecule has 3 aliphatic rings. The van der Waals surface area contributed by atoms with Crippen LogP contribution in [-0.2, 0) is 0 Å². The summed E-state index contributed by atoms with van der Waals surface area (Å²) in [6, 6.07) is 0.862. The van der Waals surface area contributed by atoms with Crippen LogP contribution < -0.4 is 5.32 Å². The minimum absolute atomic E-state index is 0.862. The van der Waals surface area contributed by atoms with E-state index in [0.717, 1.165) is 23.1 Å². The Labute approximate surface area is 104 Å². The highest BCUT2D eigenvalue weighted by atomic mass is 32.2. The molecule has 2 aliphatic carbocycles. The van der Waals surface area contributed by atoms with Gasteiger partial charge >= 0.3 is 0 Å². The molecule has 0 aromatic rings. The van der Waals surface area contributed by atoms with Crippen LogP contribution in [0.1, 0.15) is 51.4 Å². The smallest absolute Gasteiger partial charge is 0.0172 e. The van der Waals surface area contributed by atoms with Crippen LogP contribution in [0.15, 0.2) is 0 Å². The highest BCUT2D eigenvalue weighted by Gasteiger charge is 2.34. The van der Waals surface area contributed by atoms with Gasteiger partial charge in [-0.25, -0.2) is 0 Å². The largest absolute Gasteiger partial charge is 0.313 e. The Morgan fingerprint density at radius 2 is 1.88 bits per heavy atom. The van der Waals surface area contributed by atoms with E-state index in [1.54, 1.807) is 0 Å². The van der Waals surface area contributed by atoms with Gasteiger partial charge in [-0.2, -0.15) is 11.8 Å². The van der Waals surface area contributed by atoms with Gasteiger partial charge in [0.15, 0.2) is 0 Å². The minimum Gasteiger partial charge on any atom is -0.313 e. The second kappa shape index (κ2) is 5.30. The molecule has 0 spiro atoms. The lowest BCUT2D eigenvalue weighted by Gasteiger charge is -2.30. The van der Waals surface area contributed by atoms with E-state index in [2.05, 4.69) is 17.1 Å². The van der Waals surface area contributed by atoms with Gasteiger partial charge in [-0.1, -0.05) is 12.8 Å². The highest BCUT2D eigenvalue weighted by Crippen LogP contribution is 2.43. The molecule has 92 valence electrons. The first-order chi connectivity index (χ1) is 7.92. The summed E-state index contributed by atoms with van der Waals surface area (Å²) in [5, 5.41) is 4.79. The molecule has 1 N–H and O–H groups in total. The molecule has 0 bridgehead atoms. The summed E-state index contributed by atoms with van der Waals surface area (Å²) < 4.78 is 0. The van der Waals surface area contributed by atoms with E-state index in [1.807, 2.05) is 0 Å². The van der Waals surface area contributed by atoms with Crippen molar-refractivity contribution in [3.63, 3.8) is 0 Å². The van der Waals surface area contributed by atoms with Gasteiger partial charge < -0.3 is 5.32 Å². The third-order valence-corrected chi connectivity index (χ3v) is 6.06. The van der Waals surface area contributed by atoms with Crippen LogP contribution in [-0.4, -0.2) is 23.6 Å². The molecule has 3 rings (SSSR count). The van der Waals surface area contributed by atoms with Crippen LogP contribution in [0, 0.1) is 11.8 Å². The first kappa shape index (κ1) is 11.4. The van der Waals surface area contributed by atoms with Crippen molar-refractivity contribution < 1.29 is 0 Å². The fraction of sp³-hybridized carbons (Fsp3) is 1.00. The van der Waals surface area contributed by atoms with E-state index in [4.69, 9.17) is 0 Å². The van der Waals surface area contributed by atoms with Gasteiger partial charge in [-0.3, -0.25) is 0 Å². The lowest BCUT2D eigenvalue weighted by Crippen LogP contribution is -2.37. The van der Waals surface area contributed by atoms with Gasteiger partial charge in [0.05, 0.1) is 0 Å². The molecule has 0 radical (unpaired) electrons. The molecule has 16 heavy (non-hydrogen) atoms. The Bertz CT molecular complexity index is 221. The zero-order chi connectivity index (χ0) is 10.8. The Morgan fingerprint density at radius 3 is 2.62 bits per heavy atom. The van der Waals surface area contributed by atoms with Crippen molar-refractivity contribution >= 4 is 11.8 Å². The molecule has 2 saturated carbocycles. The van der Waals surface area contributed by atoms with Crippen molar-refractivity contribution in [2.75, 3.05) is 12.3 Å². The molecule has 0 amide bonds. The number of hydrogen-bond donors (Lipinski definition) is 1. The zero-order valence-corrected chi connectivity index (χ0v) is 11.1. The van der Waals surface area contributed by atoms with E-state index in [0.29, 0.717) is 0 Å². The van der Waals surface area contributed by atoms with Crippen molar-refractivity contribution in [1.82, 2.24) is 5.32 Å². The van der Waals surface area contributed by atoms with E-state index in [-0.39, 0.29) is 0 Å². The molecule has 3 unspecified atom stereocenters. The van der Waals surface area contributed by atoms with Gasteiger partial charge in [-0.05, 0) is 56.1 Å². The number of thioether (sulfide) groups is 1. The maximum absolute atomic E-state index is 3.86. The summed E-state index contributed by atoms with van der Waals surface area (Å²) in [6.45, 7) is 1.28. The van der Waals surface area contributed by atoms with E-state index in [1.165, 1.54) is 63.7 Å². The maximum atomic E-state index is 3.86. The Morgan fingerprint density at radius 1 is 0.938 bits per heavy atom. The van der Waals surface area contributed by atoms with Crippen molar-refractivity contribution in [2.45, 2.75) is 62.7 Å². The lowest BCUT2D eigenvalue weighted by atomic mass is 9.82. The highest BCUT2D eigenvalue weighted by molar-refractivity contribution is 8.00. The van der Waals surface area contributed by atoms with Crippen molar-refractivity contribution in [1.29, 1.82) is 0 Å². The van der Waals surface area contributed by atoms with Crippen molar-refractivity contribution in [3.8, 4) is 0 Å². The first-order valence-corrected chi connectivity index (χ1v) is 8.31. The summed E-state index contributed by atoms with van der Waals surface area (Å²) in [5.74, 6) is 3.62. The monoisotopic (exact) mass is 239 g/mol. The molecule has 1 saturated heterocycles. The van der Waals surface area contributed by atoms with Crippen molar-refractivity contribution in [2.24, 2.45) is 11.8 Å². The molecule has 1 aliphatic heterocycles. The SMILES string of the molecule is C1CSC(CNC2CCCC(C3CC3)C2)C1. The fourth-order valence-electron chi connectivity index (χ4n) is 3.51. The molecule has 1 heterocycles. The standard InChI is InChI=1S/C14H25NS/c1-3-12(11-6-7-11)9-13(4-1)15-10-14-5-2-8-16-14/h11-15H,1-10H2. The van der Waals surface area contributed by atoms with E-state index >= 15 is 0 Å². The van der Waals surface area contributed by atoms with Crippen molar-refractivity contribution in [3.05, 3.63) is 0 Å². The Hall–Kier alpha value is 0.310. The second-order valence-corrected chi connectivity index (χ2v) is 7.41. The van der Waals surface area contributed by atoms with Gasteiger partial charge in [0.2, 0.25) is 0 Å². The van der Waals surface area contributed by atoms with Gasteiger partial charge in [0.1, 0.15) is 0 Å².